The molecule has 1 aliphatic rings. The Morgan fingerprint density at radius 2 is 1.91 bits per heavy atom. The van der Waals surface area contributed by atoms with Crippen molar-refractivity contribution in [3.63, 3.8) is 0 Å². The molecule has 11 heavy (non-hydrogen) atoms. The van der Waals surface area contributed by atoms with E-state index in [4.69, 9.17) is 11.6 Å². The Kier molecular flexibility index (Phi) is 1.43. The van der Waals surface area contributed by atoms with Gasteiger partial charge in [-0.1, -0.05) is 41.9 Å². The summed E-state index contributed by atoms with van der Waals surface area (Å²) in [4.78, 5) is 0. The van der Waals surface area contributed by atoms with Gasteiger partial charge in [0, 0.05) is 12.3 Å². The van der Waals surface area contributed by atoms with Gasteiger partial charge in [-0.2, -0.15) is 0 Å². The number of hydrogen-bond acceptors (Lipinski definition) is 0. The molecule has 0 saturated heterocycles. The lowest BCUT2D eigenvalue weighted by Gasteiger charge is -1.97. The van der Waals surface area contributed by atoms with Gasteiger partial charge < -0.3 is 0 Å². The first-order valence-corrected chi connectivity index (χ1v) is 4.01. The van der Waals surface area contributed by atoms with Crippen LogP contribution in [0.5, 0.6) is 0 Å². The van der Waals surface area contributed by atoms with E-state index in [1.807, 2.05) is 30.3 Å². The van der Waals surface area contributed by atoms with Crippen molar-refractivity contribution in [3.05, 3.63) is 35.9 Å². The minimum Gasteiger partial charge on any atom is -0.226 e. The van der Waals surface area contributed by atoms with Gasteiger partial charge in [0.2, 0.25) is 0 Å². The topological polar surface area (TPSA) is 0 Å². The first kappa shape index (κ1) is 7.11. The van der Waals surface area contributed by atoms with Crippen LogP contribution in [0.4, 0.5) is 4.39 Å². The molecule has 58 valence electrons. The summed E-state index contributed by atoms with van der Waals surface area (Å²) in [7, 11) is 0. The molecule has 0 aromatic heterocycles. The summed E-state index contributed by atoms with van der Waals surface area (Å²) < 4.78 is 12.9. The standard InChI is InChI=1S/C9H8ClF/c10-9(11)6-8(9)7-4-2-1-3-5-7/h1-5,8H,6H2/t8-,9+/m0/s1. The van der Waals surface area contributed by atoms with E-state index in [0.29, 0.717) is 6.42 Å². The van der Waals surface area contributed by atoms with Crippen molar-refractivity contribution in [1.29, 1.82) is 0 Å². The number of alkyl halides is 2. The van der Waals surface area contributed by atoms with Gasteiger partial charge in [0.05, 0.1) is 0 Å². The molecule has 0 N–H and O–H groups in total. The molecule has 0 nitrogen and oxygen atoms in total. The van der Waals surface area contributed by atoms with Gasteiger partial charge in [-0.05, 0) is 5.56 Å². The first-order valence-electron chi connectivity index (χ1n) is 3.63. The summed E-state index contributed by atoms with van der Waals surface area (Å²) >= 11 is 5.48. The molecule has 0 heterocycles. The SMILES string of the molecule is F[C@]1(Cl)C[C@H]1c1ccccc1. The largest absolute Gasteiger partial charge is 0.226 e. The summed E-state index contributed by atoms with van der Waals surface area (Å²) in [6, 6.07) is 9.55. The molecule has 0 radical (unpaired) electrons. The highest BCUT2D eigenvalue weighted by Gasteiger charge is 2.54. The fraction of sp³-hybridized carbons (Fsp3) is 0.333. The van der Waals surface area contributed by atoms with Crippen LogP contribution >= 0.6 is 11.6 Å². The predicted molar refractivity (Wildman–Crippen MR) is 43.5 cm³/mol. The van der Waals surface area contributed by atoms with Crippen LogP contribution in [0.2, 0.25) is 0 Å². The second-order valence-corrected chi connectivity index (χ2v) is 3.56. The Hall–Kier alpha value is -0.560. The third kappa shape index (κ3) is 1.25. The van der Waals surface area contributed by atoms with Gasteiger partial charge in [0.1, 0.15) is 0 Å². The smallest absolute Gasteiger partial charge is 0.191 e. The fourth-order valence-electron chi connectivity index (χ4n) is 1.26. The monoisotopic (exact) mass is 170 g/mol. The highest BCUT2D eigenvalue weighted by Crippen LogP contribution is 2.57. The zero-order valence-electron chi connectivity index (χ0n) is 5.93. The molecule has 2 heteroatoms. The van der Waals surface area contributed by atoms with Crippen LogP contribution in [0.15, 0.2) is 30.3 Å². The molecular weight excluding hydrogens is 163 g/mol. The van der Waals surface area contributed by atoms with Crippen molar-refractivity contribution in [2.24, 2.45) is 0 Å². The van der Waals surface area contributed by atoms with Gasteiger partial charge in [0.15, 0.2) is 5.13 Å². The molecule has 1 saturated carbocycles. The Morgan fingerprint density at radius 3 is 2.36 bits per heavy atom. The van der Waals surface area contributed by atoms with Crippen LogP contribution < -0.4 is 0 Å². The maximum atomic E-state index is 12.9. The van der Waals surface area contributed by atoms with Crippen molar-refractivity contribution in [3.8, 4) is 0 Å². The second kappa shape index (κ2) is 2.21. The molecule has 0 bridgehead atoms. The maximum Gasteiger partial charge on any atom is 0.191 e. The van der Waals surface area contributed by atoms with Crippen LogP contribution in [-0.4, -0.2) is 5.13 Å². The average molecular weight is 171 g/mol. The fourth-order valence-corrected chi connectivity index (χ4v) is 1.54. The number of hydrogen-bond donors (Lipinski definition) is 0. The van der Waals surface area contributed by atoms with Crippen LogP contribution in [0, 0.1) is 0 Å². The van der Waals surface area contributed by atoms with E-state index in [-0.39, 0.29) is 5.92 Å². The van der Waals surface area contributed by atoms with E-state index in [2.05, 4.69) is 0 Å². The molecule has 1 aromatic carbocycles. The minimum atomic E-state index is -1.46. The molecule has 1 aromatic rings. The predicted octanol–water partition coefficient (Wildman–Crippen LogP) is 3.08. The van der Waals surface area contributed by atoms with E-state index in [9.17, 15) is 4.39 Å². The highest BCUT2D eigenvalue weighted by atomic mass is 35.5. The molecule has 2 rings (SSSR count). The van der Waals surface area contributed by atoms with Crippen molar-refractivity contribution in [1.82, 2.24) is 0 Å². The van der Waals surface area contributed by atoms with Crippen LogP contribution in [0.1, 0.15) is 17.9 Å². The molecule has 1 fully saturated rings. The van der Waals surface area contributed by atoms with Crippen LogP contribution in [0.3, 0.4) is 0 Å². The quantitative estimate of drug-likeness (QED) is 0.569. The average Bonchev–Trinajstić information content (AvgIpc) is 2.62. The van der Waals surface area contributed by atoms with Gasteiger partial charge in [0.25, 0.3) is 0 Å². The van der Waals surface area contributed by atoms with Gasteiger partial charge in [-0.3, -0.25) is 0 Å². The van der Waals surface area contributed by atoms with Gasteiger partial charge >= 0.3 is 0 Å². The summed E-state index contributed by atoms with van der Waals surface area (Å²) in [6.45, 7) is 0. The Morgan fingerprint density at radius 1 is 1.36 bits per heavy atom. The molecule has 0 amide bonds. The minimum absolute atomic E-state index is 0.0784. The third-order valence-corrected chi connectivity index (χ3v) is 2.45. The molecule has 0 unspecified atom stereocenters. The zero-order valence-corrected chi connectivity index (χ0v) is 6.68. The summed E-state index contributed by atoms with van der Waals surface area (Å²) in [6.07, 6.45) is 0.457. The summed E-state index contributed by atoms with van der Waals surface area (Å²) in [5, 5.41) is -1.46. The molecule has 0 spiro atoms. The van der Waals surface area contributed by atoms with E-state index in [1.165, 1.54) is 0 Å². The molecule has 1 aliphatic carbocycles. The van der Waals surface area contributed by atoms with E-state index >= 15 is 0 Å². The first-order chi connectivity index (χ1) is 5.20. The lowest BCUT2D eigenvalue weighted by Crippen LogP contribution is -1.89. The van der Waals surface area contributed by atoms with Crippen molar-refractivity contribution >= 4 is 11.6 Å². The highest BCUT2D eigenvalue weighted by molar-refractivity contribution is 6.25. The number of rotatable bonds is 1. The van der Waals surface area contributed by atoms with E-state index in [0.717, 1.165) is 5.56 Å². The van der Waals surface area contributed by atoms with Crippen LogP contribution in [0.25, 0.3) is 0 Å². The lowest BCUT2D eigenvalue weighted by atomic mass is 10.1. The Bertz CT molecular complexity index is 256. The normalized spacial score (nSPS) is 35.3. The Labute approximate surface area is 70.0 Å². The van der Waals surface area contributed by atoms with Gasteiger partial charge in [-0.15, -0.1) is 0 Å². The molecule has 0 aliphatic heterocycles. The molecule has 2 atom stereocenters. The van der Waals surface area contributed by atoms with Crippen molar-refractivity contribution in [2.75, 3.05) is 0 Å². The van der Waals surface area contributed by atoms with Gasteiger partial charge in [-0.25, -0.2) is 4.39 Å². The van der Waals surface area contributed by atoms with Crippen molar-refractivity contribution in [2.45, 2.75) is 17.5 Å². The van der Waals surface area contributed by atoms with Crippen molar-refractivity contribution < 1.29 is 4.39 Å². The second-order valence-electron chi connectivity index (χ2n) is 2.93. The summed E-state index contributed by atoms with van der Waals surface area (Å²) in [5.41, 5.74) is 1.00. The van der Waals surface area contributed by atoms with Crippen LogP contribution in [-0.2, 0) is 0 Å². The van der Waals surface area contributed by atoms with E-state index < -0.39 is 5.13 Å². The summed E-state index contributed by atoms with van der Waals surface area (Å²) in [5.74, 6) is -0.0784. The molecular formula is C9H8ClF. The lowest BCUT2D eigenvalue weighted by molar-refractivity contribution is 0.416. The third-order valence-electron chi connectivity index (χ3n) is 2.03. The Balaban J connectivity index is 2.21. The maximum absolute atomic E-state index is 12.9. The number of halogens is 2. The van der Waals surface area contributed by atoms with E-state index in [1.54, 1.807) is 0 Å². The number of benzene rings is 1. The zero-order chi connectivity index (χ0) is 7.90.